The van der Waals surface area contributed by atoms with Crippen LogP contribution in [0.2, 0.25) is 0 Å². The zero-order valence-corrected chi connectivity index (χ0v) is 14.9. The highest BCUT2D eigenvalue weighted by molar-refractivity contribution is 7.89. The molecular weight excluding hydrogens is 338 g/mol. The number of hydrogen-bond acceptors (Lipinski definition) is 4. The van der Waals surface area contributed by atoms with Crippen molar-refractivity contribution in [3.63, 3.8) is 0 Å². The predicted octanol–water partition coefficient (Wildman–Crippen LogP) is 2.99. The summed E-state index contributed by atoms with van der Waals surface area (Å²) in [5.41, 5.74) is 1.44. The summed E-state index contributed by atoms with van der Waals surface area (Å²) >= 11 is 0. The standard InChI is InChI=1S/C18H21N3O3S/c1-2-3-12-24-16-7-9-17(10-8-16)25(22,23)19-13-15-14-21-11-5-4-6-18(21)20-15/h4-11,14,19H,2-3,12-13H2,1H3. The van der Waals surface area contributed by atoms with E-state index >= 15 is 0 Å². The van der Waals surface area contributed by atoms with Crippen LogP contribution in [0.3, 0.4) is 0 Å². The molecule has 2 heterocycles. The van der Waals surface area contributed by atoms with Crippen LogP contribution in [-0.4, -0.2) is 24.4 Å². The van der Waals surface area contributed by atoms with E-state index in [1.807, 2.05) is 35.0 Å². The second-order valence-corrected chi connectivity index (χ2v) is 7.46. The lowest BCUT2D eigenvalue weighted by atomic mass is 10.3. The Morgan fingerprint density at radius 2 is 1.96 bits per heavy atom. The van der Waals surface area contributed by atoms with E-state index in [0.717, 1.165) is 18.5 Å². The fourth-order valence-corrected chi connectivity index (χ4v) is 3.37. The van der Waals surface area contributed by atoms with Gasteiger partial charge in [0, 0.05) is 12.4 Å². The monoisotopic (exact) mass is 359 g/mol. The molecule has 0 aliphatic carbocycles. The smallest absolute Gasteiger partial charge is 0.240 e. The lowest BCUT2D eigenvalue weighted by Gasteiger charge is -2.08. The number of rotatable bonds is 8. The molecule has 0 radical (unpaired) electrons. The Morgan fingerprint density at radius 1 is 1.16 bits per heavy atom. The molecule has 3 aromatic rings. The predicted molar refractivity (Wildman–Crippen MR) is 96.1 cm³/mol. The Morgan fingerprint density at radius 3 is 2.68 bits per heavy atom. The molecule has 0 aliphatic heterocycles. The maximum atomic E-state index is 12.4. The quantitative estimate of drug-likeness (QED) is 0.628. The summed E-state index contributed by atoms with van der Waals surface area (Å²) in [5, 5.41) is 0. The molecule has 1 aromatic carbocycles. The number of pyridine rings is 1. The third-order valence-corrected chi connectivity index (χ3v) is 5.17. The zero-order valence-electron chi connectivity index (χ0n) is 14.1. The highest BCUT2D eigenvalue weighted by Gasteiger charge is 2.14. The van der Waals surface area contributed by atoms with Gasteiger partial charge in [0.15, 0.2) is 0 Å². The van der Waals surface area contributed by atoms with E-state index in [1.165, 1.54) is 0 Å². The number of hydrogen-bond donors (Lipinski definition) is 1. The molecule has 0 bridgehead atoms. The van der Waals surface area contributed by atoms with E-state index in [9.17, 15) is 8.42 Å². The number of sulfonamides is 1. The van der Waals surface area contributed by atoms with Gasteiger partial charge in [-0.1, -0.05) is 19.4 Å². The molecule has 1 N–H and O–H groups in total. The van der Waals surface area contributed by atoms with E-state index in [-0.39, 0.29) is 11.4 Å². The minimum Gasteiger partial charge on any atom is -0.494 e. The van der Waals surface area contributed by atoms with Gasteiger partial charge in [-0.25, -0.2) is 18.1 Å². The number of nitrogens with one attached hydrogen (secondary N) is 1. The number of fused-ring (bicyclic) bond motifs is 1. The molecule has 0 aliphatic rings. The van der Waals surface area contributed by atoms with Crippen LogP contribution >= 0.6 is 0 Å². The lowest BCUT2D eigenvalue weighted by molar-refractivity contribution is 0.309. The number of aromatic nitrogens is 2. The van der Waals surface area contributed by atoms with E-state index in [4.69, 9.17) is 4.74 Å². The average molecular weight is 359 g/mol. The largest absolute Gasteiger partial charge is 0.494 e. The van der Waals surface area contributed by atoms with Crippen LogP contribution in [0.4, 0.5) is 0 Å². The Labute approximate surface area is 147 Å². The fourth-order valence-electron chi connectivity index (χ4n) is 2.37. The average Bonchev–Trinajstić information content (AvgIpc) is 3.04. The van der Waals surface area contributed by atoms with Gasteiger partial charge in [-0.05, 0) is 42.8 Å². The molecule has 7 heteroatoms. The second-order valence-electron chi connectivity index (χ2n) is 5.70. The van der Waals surface area contributed by atoms with Gasteiger partial charge in [0.05, 0.1) is 23.7 Å². The Bertz CT molecular complexity index is 901. The number of nitrogens with zero attached hydrogens (tertiary/aromatic N) is 2. The molecular formula is C18H21N3O3S. The summed E-state index contributed by atoms with van der Waals surface area (Å²) < 4.78 is 34.8. The Hall–Kier alpha value is -2.38. The molecule has 0 spiro atoms. The van der Waals surface area contributed by atoms with Crippen molar-refractivity contribution < 1.29 is 13.2 Å². The van der Waals surface area contributed by atoms with E-state index in [1.54, 1.807) is 24.3 Å². The second kappa shape index (κ2) is 7.67. The van der Waals surface area contributed by atoms with Crippen LogP contribution in [0, 0.1) is 0 Å². The van der Waals surface area contributed by atoms with Crippen molar-refractivity contribution in [1.29, 1.82) is 0 Å². The first-order valence-corrected chi connectivity index (χ1v) is 9.72. The summed E-state index contributed by atoms with van der Waals surface area (Å²) in [4.78, 5) is 4.59. The lowest BCUT2D eigenvalue weighted by Crippen LogP contribution is -2.23. The first-order chi connectivity index (χ1) is 12.1. The van der Waals surface area contributed by atoms with Crippen molar-refractivity contribution in [2.45, 2.75) is 31.2 Å². The number of ether oxygens (including phenoxy) is 1. The van der Waals surface area contributed by atoms with Crippen molar-refractivity contribution >= 4 is 15.7 Å². The van der Waals surface area contributed by atoms with Crippen molar-refractivity contribution in [3.8, 4) is 5.75 Å². The minimum atomic E-state index is -3.59. The third-order valence-electron chi connectivity index (χ3n) is 3.76. The molecule has 6 nitrogen and oxygen atoms in total. The van der Waals surface area contributed by atoms with Crippen LogP contribution in [0.15, 0.2) is 59.8 Å². The summed E-state index contributed by atoms with van der Waals surface area (Å²) in [6, 6.07) is 12.1. The van der Waals surface area contributed by atoms with E-state index in [2.05, 4.69) is 16.6 Å². The van der Waals surface area contributed by atoms with Crippen molar-refractivity contribution in [2.75, 3.05) is 6.61 Å². The van der Waals surface area contributed by atoms with Crippen LogP contribution in [0.5, 0.6) is 5.75 Å². The molecule has 0 fully saturated rings. The number of benzene rings is 1. The van der Waals surface area contributed by atoms with Gasteiger partial charge in [-0.2, -0.15) is 0 Å². The maximum Gasteiger partial charge on any atom is 0.240 e. The van der Waals surface area contributed by atoms with E-state index < -0.39 is 10.0 Å². The van der Waals surface area contributed by atoms with Crippen molar-refractivity contribution in [2.24, 2.45) is 0 Å². The number of unbranched alkanes of at least 4 members (excludes halogenated alkanes) is 1. The highest BCUT2D eigenvalue weighted by Crippen LogP contribution is 2.16. The van der Waals surface area contributed by atoms with Gasteiger partial charge in [0.25, 0.3) is 0 Å². The summed E-state index contributed by atoms with van der Waals surface area (Å²) in [7, 11) is -3.59. The molecule has 0 unspecified atom stereocenters. The Kier molecular flexibility index (Phi) is 5.35. The van der Waals surface area contributed by atoms with Crippen molar-refractivity contribution in [1.82, 2.24) is 14.1 Å². The minimum absolute atomic E-state index is 0.138. The summed E-state index contributed by atoms with van der Waals surface area (Å²) in [6.45, 7) is 2.86. The SMILES string of the molecule is CCCCOc1ccc(S(=O)(=O)NCc2cn3ccccc3n2)cc1. The molecule has 2 aromatic heterocycles. The van der Waals surface area contributed by atoms with E-state index in [0.29, 0.717) is 18.1 Å². The molecule has 0 atom stereocenters. The van der Waals surface area contributed by atoms with Crippen LogP contribution in [0.1, 0.15) is 25.5 Å². The topological polar surface area (TPSA) is 72.7 Å². The fraction of sp³-hybridized carbons (Fsp3) is 0.278. The highest BCUT2D eigenvalue weighted by atomic mass is 32.2. The normalized spacial score (nSPS) is 11.7. The summed E-state index contributed by atoms with van der Waals surface area (Å²) in [5.74, 6) is 0.674. The van der Waals surface area contributed by atoms with Gasteiger partial charge in [0.2, 0.25) is 10.0 Å². The zero-order chi connectivity index (χ0) is 17.7. The third kappa shape index (κ3) is 4.37. The van der Waals surface area contributed by atoms with Gasteiger partial charge in [0.1, 0.15) is 11.4 Å². The molecule has 0 amide bonds. The van der Waals surface area contributed by atoms with Gasteiger partial charge < -0.3 is 9.14 Å². The van der Waals surface area contributed by atoms with Crippen LogP contribution in [-0.2, 0) is 16.6 Å². The van der Waals surface area contributed by atoms with Crippen molar-refractivity contribution in [3.05, 3.63) is 60.6 Å². The van der Waals surface area contributed by atoms with Crippen LogP contribution < -0.4 is 9.46 Å². The Balaban J connectivity index is 1.64. The maximum absolute atomic E-state index is 12.4. The van der Waals surface area contributed by atoms with Gasteiger partial charge >= 0.3 is 0 Å². The first-order valence-electron chi connectivity index (χ1n) is 8.23. The van der Waals surface area contributed by atoms with Gasteiger partial charge in [-0.3, -0.25) is 0 Å². The number of imidazole rings is 1. The summed E-state index contributed by atoms with van der Waals surface area (Å²) in [6.07, 6.45) is 5.71. The molecule has 132 valence electrons. The molecule has 3 rings (SSSR count). The molecule has 0 saturated heterocycles. The molecule has 25 heavy (non-hydrogen) atoms. The molecule has 0 saturated carbocycles. The van der Waals surface area contributed by atoms with Gasteiger partial charge in [-0.15, -0.1) is 0 Å². The van der Waals surface area contributed by atoms with Crippen LogP contribution in [0.25, 0.3) is 5.65 Å². The first kappa shape index (κ1) is 17.4.